The Bertz CT molecular complexity index is 807. The maximum Gasteiger partial charge on any atom is 0.262 e. The van der Waals surface area contributed by atoms with E-state index in [-0.39, 0.29) is 12.5 Å². The van der Waals surface area contributed by atoms with Crippen LogP contribution in [0.15, 0.2) is 16.6 Å². The average molecular weight is 425 g/mol. The fraction of sp³-hybridized carbons (Fsp3) is 0.333. The molecule has 0 saturated carbocycles. The highest BCUT2D eigenvalue weighted by molar-refractivity contribution is 9.10. The van der Waals surface area contributed by atoms with Crippen molar-refractivity contribution in [3.8, 4) is 5.75 Å². The molecular formula is C18H21BrN2O3S. The van der Waals surface area contributed by atoms with Crippen molar-refractivity contribution in [1.29, 1.82) is 0 Å². The number of halogens is 1. The van der Waals surface area contributed by atoms with E-state index in [1.165, 1.54) is 11.3 Å². The van der Waals surface area contributed by atoms with E-state index < -0.39 is 5.91 Å². The Labute approximate surface area is 159 Å². The Balaban J connectivity index is 2.13. The standard InChI is InChI=1S/C18H21BrN2O3S/c1-5-13-11(4)25-18(15(13)17(20)23)21-14(22)8-24-16-9(2)6-12(19)7-10(16)3/h6-7H,5,8H2,1-4H3,(H2,20,23)(H,21,22). The number of aryl methyl sites for hydroxylation is 3. The summed E-state index contributed by atoms with van der Waals surface area (Å²) >= 11 is 4.79. The van der Waals surface area contributed by atoms with E-state index in [1.807, 2.05) is 39.8 Å². The highest BCUT2D eigenvalue weighted by Crippen LogP contribution is 2.33. The first-order valence-electron chi connectivity index (χ1n) is 7.86. The van der Waals surface area contributed by atoms with Gasteiger partial charge < -0.3 is 15.8 Å². The monoisotopic (exact) mass is 424 g/mol. The zero-order chi connectivity index (χ0) is 18.7. The molecule has 0 fully saturated rings. The SMILES string of the molecule is CCc1c(C)sc(NC(=O)COc2c(C)cc(Br)cc2C)c1C(N)=O. The van der Waals surface area contributed by atoms with Crippen LogP contribution in [0.4, 0.5) is 5.00 Å². The Kier molecular flexibility index (Phi) is 6.24. The van der Waals surface area contributed by atoms with Crippen LogP contribution in [-0.4, -0.2) is 18.4 Å². The van der Waals surface area contributed by atoms with Crippen LogP contribution in [0.25, 0.3) is 0 Å². The van der Waals surface area contributed by atoms with E-state index in [9.17, 15) is 9.59 Å². The summed E-state index contributed by atoms with van der Waals surface area (Å²) in [5.74, 6) is -0.171. The number of hydrogen-bond acceptors (Lipinski definition) is 4. The largest absolute Gasteiger partial charge is 0.483 e. The maximum atomic E-state index is 12.3. The van der Waals surface area contributed by atoms with Gasteiger partial charge in [0.1, 0.15) is 10.8 Å². The highest BCUT2D eigenvalue weighted by Gasteiger charge is 2.20. The highest BCUT2D eigenvalue weighted by atomic mass is 79.9. The van der Waals surface area contributed by atoms with Crippen molar-refractivity contribution in [1.82, 2.24) is 0 Å². The number of carbonyl (C=O) groups excluding carboxylic acids is 2. The Morgan fingerprint density at radius 3 is 2.36 bits per heavy atom. The number of nitrogens with two attached hydrogens (primary N) is 1. The smallest absolute Gasteiger partial charge is 0.262 e. The molecule has 0 aliphatic heterocycles. The number of rotatable bonds is 6. The summed E-state index contributed by atoms with van der Waals surface area (Å²) in [6, 6.07) is 3.86. The first kappa shape index (κ1) is 19.5. The van der Waals surface area contributed by atoms with Gasteiger partial charge in [0, 0.05) is 9.35 Å². The van der Waals surface area contributed by atoms with E-state index >= 15 is 0 Å². The molecule has 0 aliphatic carbocycles. The first-order chi connectivity index (χ1) is 11.7. The van der Waals surface area contributed by atoms with Gasteiger partial charge in [0.25, 0.3) is 11.8 Å². The number of anilines is 1. The predicted octanol–water partition coefficient (Wildman–Crippen LogP) is 4.11. The predicted molar refractivity (Wildman–Crippen MR) is 105 cm³/mol. The van der Waals surface area contributed by atoms with Crippen LogP contribution < -0.4 is 15.8 Å². The molecule has 134 valence electrons. The van der Waals surface area contributed by atoms with Crippen LogP contribution in [0.5, 0.6) is 5.75 Å². The molecule has 5 nitrogen and oxygen atoms in total. The topological polar surface area (TPSA) is 81.4 Å². The summed E-state index contributed by atoms with van der Waals surface area (Å²) in [5, 5.41) is 3.24. The number of primary amides is 1. The quantitative estimate of drug-likeness (QED) is 0.731. The van der Waals surface area contributed by atoms with E-state index in [0.29, 0.717) is 22.7 Å². The van der Waals surface area contributed by atoms with E-state index in [0.717, 1.165) is 26.0 Å². The number of nitrogens with one attached hydrogen (secondary N) is 1. The second-order valence-electron chi connectivity index (χ2n) is 5.76. The summed E-state index contributed by atoms with van der Waals surface area (Å²) in [4.78, 5) is 25.0. The van der Waals surface area contributed by atoms with Gasteiger partial charge in [0.2, 0.25) is 0 Å². The second kappa shape index (κ2) is 8.01. The lowest BCUT2D eigenvalue weighted by Crippen LogP contribution is -2.22. The molecule has 0 bridgehead atoms. The molecule has 0 unspecified atom stereocenters. The molecule has 1 aromatic carbocycles. The molecule has 0 spiro atoms. The molecule has 3 N–H and O–H groups in total. The van der Waals surface area contributed by atoms with Gasteiger partial charge in [0.05, 0.1) is 5.56 Å². The van der Waals surface area contributed by atoms with Gasteiger partial charge in [-0.25, -0.2) is 0 Å². The molecule has 0 radical (unpaired) electrons. The van der Waals surface area contributed by atoms with E-state index in [4.69, 9.17) is 10.5 Å². The van der Waals surface area contributed by atoms with Crippen molar-refractivity contribution in [2.24, 2.45) is 5.73 Å². The maximum absolute atomic E-state index is 12.3. The molecule has 0 saturated heterocycles. The summed E-state index contributed by atoms with van der Waals surface area (Å²) in [7, 11) is 0. The minimum Gasteiger partial charge on any atom is -0.483 e. The van der Waals surface area contributed by atoms with Gasteiger partial charge in [-0.3, -0.25) is 9.59 Å². The molecule has 1 aromatic heterocycles. The minimum atomic E-state index is -0.531. The minimum absolute atomic E-state index is 0.139. The molecule has 0 aliphatic rings. The van der Waals surface area contributed by atoms with Crippen LogP contribution in [0.1, 0.15) is 38.8 Å². The molecule has 25 heavy (non-hydrogen) atoms. The van der Waals surface area contributed by atoms with Gasteiger partial charge in [-0.15, -0.1) is 11.3 Å². The average Bonchev–Trinajstić information content (AvgIpc) is 2.81. The third kappa shape index (κ3) is 4.41. The van der Waals surface area contributed by atoms with E-state index in [1.54, 1.807) is 0 Å². The van der Waals surface area contributed by atoms with Crippen LogP contribution in [0.3, 0.4) is 0 Å². The molecular weight excluding hydrogens is 404 g/mol. The van der Waals surface area contributed by atoms with Gasteiger partial charge >= 0.3 is 0 Å². The fourth-order valence-electron chi connectivity index (χ4n) is 2.78. The van der Waals surface area contributed by atoms with Crippen molar-refractivity contribution >= 4 is 44.1 Å². The number of hydrogen-bond donors (Lipinski definition) is 2. The zero-order valence-corrected chi connectivity index (χ0v) is 17.1. The van der Waals surface area contributed by atoms with Crippen LogP contribution in [-0.2, 0) is 11.2 Å². The summed E-state index contributed by atoms with van der Waals surface area (Å²) < 4.78 is 6.64. The number of carbonyl (C=O) groups is 2. The number of thiophene rings is 1. The Hall–Kier alpha value is -1.86. The molecule has 2 aromatic rings. The number of amides is 2. The molecule has 1 heterocycles. The second-order valence-corrected chi connectivity index (χ2v) is 7.90. The van der Waals surface area contributed by atoms with Crippen molar-refractivity contribution in [3.05, 3.63) is 43.7 Å². The Morgan fingerprint density at radius 1 is 1.24 bits per heavy atom. The van der Waals surface area contributed by atoms with Crippen LogP contribution in [0.2, 0.25) is 0 Å². The third-order valence-electron chi connectivity index (χ3n) is 3.83. The summed E-state index contributed by atoms with van der Waals surface area (Å²) in [5.41, 5.74) is 8.64. The third-order valence-corrected chi connectivity index (χ3v) is 5.36. The Morgan fingerprint density at radius 2 is 1.84 bits per heavy atom. The normalized spacial score (nSPS) is 10.6. The van der Waals surface area contributed by atoms with Gasteiger partial charge in [-0.05, 0) is 56.0 Å². The lowest BCUT2D eigenvalue weighted by Gasteiger charge is -2.12. The lowest BCUT2D eigenvalue weighted by molar-refractivity contribution is -0.118. The summed E-state index contributed by atoms with van der Waals surface area (Å²) in [6.07, 6.45) is 0.685. The van der Waals surface area contributed by atoms with Crippen LogP contribution in [0, 0.1) is 20.8 Å². The van der Waals surface area contributed by atoms with Crippen molar-refractivity contribution in [2.75, 3.05) is 11.9 Å². The fourth-order valence-corrected chi connectivity index (χ4v) is 4.63. The lowest BCUT2D eigenvalue weighted by atomic mass is 10.1. The van der Waals surface area contributed by atoms with Crippen molar-refractivity contribution < 1.29 is 14.3 Å². The molecule has 0 atom stereocenters. The van der Waals surface area contributed by atoms with E-state index in [2.05, 4.69) is 21.2 Å². The zero-order valence-electron chi connectivity index (χ0n) is 14.7. The van der Waals surface area contributed by atoms with Crippen molar-refractivity contribution in [3.63, 3.8) is 0 Å². The van der Waals surface area contributed by atoms with Crippen molar-refractivity contribution in [2.45, 2.75) is 34.1 Å². The molecule has 2 rings (SSSR count). The molecule has 2 amide bonds. The van der Waals surface area contributed by atoms with Crippen LogP contribution >= 0.6 is 27.3 Å². The van der Waals surface area contributed by atoms with Gasteiger partial charge in [-0.2, -0.15) is 0 Å². The van der Waals surface area contributed by atoms with Gasteiger partial charge in [0.15, 0.2) is 6.61 Å². The summed E-state index contributed by atoms with van der Waals surface area (Å²) in [6.45, 7) is 7.57. The number of benzene rings is 1. The van der Waals surface area contributed by atoms with Gasteiger partial charge in [-0.1, -0.05) is 22.9 Å². The number of ether oxygens (including phenoxy) is 1. The molecule has 7 heteroatoms. The first-order valence-corrected chi connectivity index (χ1v) is 9.47.